The first kappa shape index (κ1) is 12.6. The van der Waals surface area contributed by atoms with Crippen molar-refractivity contribution >= 4 is 21.7 Å². The molecule has 2 aromatic rings. The van der Waals surface area contributed by atoms with E-state index in [1.165, 1.54) is 0 Å². The number of nitrogens with two attached hydrogens (primary N) is 1. The number of nitrogens with zero attached hydrogens (tertiary/aromatic N) is 2. The van der Waals surface area contributed by atoms with Crippen LogP contribution < -0.4 is 15.2 Å². The van der Waals surface area contributed by atoms with Crippen LogP contribution >= 0.6 is 15.9 Å². The summed E-state index contributed by atoms with van der Waals surface area (Å²) >= 11 is 3.44. The Labute approximate surface area is 113 Å². The van der Waals surface area contributed by atoms with Crippen LogP contribution in [-0.2, 0) is 0 Å². The maximum atomic E-state index is 5.82. The summed E-state index contributed by atoms with van der Waals surface area (Å²) in [7, 11) is 3.17. The lowest BCUT2D eigenvalue weighted by molar-refractivity contribution is 0.390. The van der Waals surface area contributed by atoms with Gasteiger partial charge in [-0.2, -0.15) is 0 Å². The number of nitrogen functional groups attached to an aromatic ring is 1. The van der Waals surface area contributed by atoms with Crippen LogP contribution in [0.15, 0.2) is 29.0 Å². The number of aromatic nitrogens is 2. The fourth-order valence-corrected chi connectivity index (χ4v) is 2.31. The lowest BCUT2D eigenvalue weighted by Crippen LogP contribution is -1.99. The monoisotopic (exact) mass is 309 g/mol. The van der Waals surface area contributed by atoms with Gasteiger partial charge in [-0.3, -0.25) is 4.98 Å². The summed E-state index contributed by atoms with van der Waals surface area (Å²) in [4.78, 5) is 8.24. The topological polar surface area (TPSA) is 70.3 Å². The molecule has 5 nitrogen and oxygen atoms in total. The van der Waals surface area contributed by atoms with Crippen molar-refractivity contribution < 1.29 is 9.47 Å². The van der Waals surface area contributed by atoms with Gasteiger partial charge in [0.25, 0.3) is 0 Å². The summed E-state index contributed by atoms with van der Waals surface area (Å²) in [6.07, 6.45) is 3.13. The first-order valence-electron chi connectivity index (χ1n) is 5.16. The zero-order valence-corrected chi connectivity index (χ0v) is 11.6. The Morgan fingerprint density at radius 1 is 1.11 bits per heavy atom. The highest BCUT2D eigenvalue weighted by atomic mass is 79.9. The van der Waals surface area contributed by atoms with Crippen LogP contribution in [0.25, 0.3) is 11.3 Å². The zero-order chi connectivity index (χ0) is 13.1. The van der Waals surface area contributed by atoms with Gasteiger partial charge in [0.2, 0.25) is 0 Å². The molecule has 1 aromatic carbocycles. The van der Waals surface area contributed by atoms with Gasteiger partial charge < -0.3 is 15.2 Å². The molecule has 0 spiro atoms. The van der Waals surface area contributed by atoms with Gasteiger partial charge in [-0.25, -0.2) is 4.98 Å². The number of hydrogen-bond donors (Lipinski definition) is 1. The lowest BCUT2D eigenvalue weighted by Gasteiger charge is -2.13. The second kappa shape index (κ2) is 5.22. The lowest BCUT2D eigenvalue weighted by atomic mass is 10.1. The van der Waals surface area contributed by atoms with Crippen molar-refractivity contribution in [2.75, 3.05) is 20.0 Å². The number of halogens is 1. The molecule has 0 aliphatic carbocycles. The zero-order valence-electron chi connectivity index (χ0n) is 9.98. The molecule has 0 unspecified atom stereocenters. The number of methoxy groups -OCH3 is 2. The van der Waals surface area contributed by atoms with Crippen molar-refractivity contribution in [2.24, 2.45) is 0 Å². The van der Waals surface area contributed by atoms with E-state index < -0.39 is 0 Å². The highest BCUT2D eigenvalue weighted by Gasteiger charge is 2.16. The molecule has 0 saturated carbocycles. The standard InChI is InChI=1S/C12H12BrN3O2/c1-17-8-4-3-7(11(18-2)9(8)13)10-12(14)16-6-5-15-10/h3-6H,1-2H3,(H2,14,16). The quantitative estimate of drug-likeness (QED) is 0.943. The summed E-state index contributed by atoms with van der Waals surface area (Å²) in [5, 5.41) is 0. The van der Waals surface area contributed by atoms with E-state index in [1.54, 1.807) is 26.6 Å². The second-order valence-electron chi connectivity index (χ2n) is 3.45. The van der Waals surface area contributed by atoms with Gasteiger partial charge in [0.15, 0.2) is 0 Å². The second-order valence-corrected chi connectivity index (χ2v) is 4.25. The van der Waals surface area contributed by atoms with Crippen LogP contribution in [-0.4, -0.2) is 24.2 Å². The first-order valence-corrected chi connectivity index (χ1v) is 5.95. The Morgan fingerprint density at radius 3 is 2.44 bits per heavy atom. The summed E-state index contributed by atoms with van der Waals surface area (Å²) in [6.45, 7) is 0. The van der Waals surface area contributed by atoms with E-state index in [1.807, 2.05) is 12.1 Å². The molecular weight excluding hydrogens is 298 g/mol. The predicted octanol–water partition coefficient (Wildman–Crippen LogP) is 2.51. The number of benzene rings is 1. The van der Waals surface area contributed by atoms with Gasteiger partial charge in [0.05, 0.1) is 14.2 Å². The van der Waals surface area contributed by atoms with Crippen molar-refractivity contribution in [1.29, 1.82) is 0 Å². The summed E-state index contributed by atoms with van der Waals surface area (Å²) in [6, 6.07) is 3.65. The van der Waals surface area contributed by atoms with Crippen molar-refractivity contribution in [3.05, 3.63) is 29.0 Å². The molecule has 1 aromatic heterocycles. The Kier molecular flexibility index (Phi) is 3.66. The molecule has 6 heteroatoms. The smallest absolute Gasteiger partial charge is 0.150 e. The van der Waals surface area contributed by atoms with Gasteiger partial charge in [-0.15, -0.1) is 0 Å². The Bertz CT molecular complexity index is 575. The molecule has 1 heterocycles. The molecule has 0 radical (unpaired) electrons. The summed E-state index contributed by atoms with van der Waals surface area (Å²) in [5.74, 6) is 1.65. The van der Waals surface area contributed by atoms with Crippen LogP contribution in [0.1, 0.15) is 0 Å². The van der Waals surface area contributed by atoms with Gasteiger partial charge in [0, 0.05) is 18.0 Å². The van der Waals surface area contributed by atoms with E-state index in [0.29, 0.717) is 23.0 Å². The maximum absolute atomic E-state index is 5.82. The third-order valence-corrected chi connectivity index (χ3v) is 3.22. The van der Waals surface area contributed by atoms with E-state index >= 15 is 0 Å². The van der Waals surface area contributed by atoms with E-state index in [2.05, 4.69) is 25.9 Å². The minimum atomic E-state index is 0.355. The molecule has 0 aliphatic rings. The molecule has 0 atom stereocenters. The van der Waals surface area contributed by atoms with Crippen LogP contribution in [0, 0.1) is 0 Å². The molecule has 0 amide bonds. The molecule has 2 N–H and O–H groups in total. The average molecular weight is 310 g/mol. The van der Waals surface area contributed by atoms with E-state index in [9.17, 15) is 0 Å². The molecule has 2 rings (SSSR count). The van der Waals surface area contributed by atoms with Gasteiger partial charge in [0.1, 0.15) is 27.5 Å². The third-order valence-electron chi connectivity index (χ3n) is 2.47. The van der Waals surface area contributed by atoms with Gasteiger partial charge in [-0.05, 0) is 28.1 Å². The number of rotatable bonds is 3. The highest BCUT2D eigenvalue weighted by Crippen LogP contribution is 2.42. The van der Waals surface area contributed by atoms with Crippen LogP contribution in [0.5, 0.6) is 11.5 Å². The minimum absolute atomic E-state index is 0.355. The van der Waals surface area contributed by atoms with E-state index in [4.69, 9.17) is 15.2 Å². The first-order chi connectivity index (χ1) is 8.69. The third kappa shape index (κ3) is 2.11. The largest absolute Gasteiger partial charge is 0.495 e. The molecule has 94 valence electrons. The van der Waals surface area contributed by atoms with Gasteiger partial charge >= 0.3 is 0 Å². The predicted molar refractivity (Wildman–Crippen MR) is 72.7 cm³/mol. The molecule has 18 heavy (non-hydrogen) atoms. The molecule has 0 saturated heterocycles. The minimum Gasteiger partial charge on any atom is -0.495 e. The SMILES string of the molecule is COc1ccc(-c2nccnc2N)c(OC)c1Br. The summed E-state index contributed by atoms with van der Waals surface area (Å²) < 4.78 is 11.3. The number of anilines is 1. The fraction of sp³-hybridized carbons (Fsp3) is 0.167. The van der Waals surface area contributed by atoms with Crippen LogP contribution in [0.4, 0.5) is 5.82 Å². The molecule has 0 fully saturated rings. The normalized spacial score (nSPS) is 10.2. The van der Waals surface area contributed by atoms with E-state index in [0.717, 1.165) is 10.0 Å². The van der Waals surface area contributed by atoms with Gasteiger partial charge in [-0.1, -0.05) is 0 Å². The Hall–Kier alpha value is -1.82. The Balaban J connectivity index is 2.66. The van der Waals surface area contributed by atoms with Crippen molar-refractivity contribution in [2.45, 2.75) is 0 Å². The van der Waals surface area contributed by atoms with Crippen molar-refractivity contribution in [1.82, 2.24) is 9.97 Å². The fourth-order valence-electron chi connectivity index (χ4n) is 1.64. The average Bonchev–Trinajstić information content (AvgIpc) is 2.39. The van der Waals surface area contributed by atoms with Crippen molar-refractivity contribution in [3.63, 3.8) is 0 Å². The number of ether oxygens (including phenoxy) is 2. The van der Waals surface area contributed by atoms with E-state index in [-0.39, 0.29) is 0 Å². The summed E-state index contributed by atoms with van der Waals surface area (Å²) in [5.41, 5.74) is 7.16. The van der Waals surface area contributed by atoms with Crippen LogP contribution in [0.3, 0.4) is 0 Å². The molecular formula is C12H12BrN3O2. The maximum Gasteiger partial charge on any atom is 0.150 e. The van der Waals surface area contributed by atoms with Crippen LogP contribution in [0.2, 0.25) is 0 Å². The molecule has 0 bridgehead atoms. The Morgan fingerprint density at radius 2 is 1.83 bits per heavy atom. The highest BCUT2D eigenvalue weighted by molar-refractivity contribution is 9.10. The van der Waals surface area contributed by atoms with Crippen molar-refractivity contribution in [3.8, 4) is 22.8 Å². The molecule has 0 aliphatic heterocycles. The number of hydrogen-bond acceptors (Lipinski definition) is 5.